The van der Waals surface area contributed by atoms with Crippen molar-refractivity contribution in [1.29, 1.82) is 0 Å². The molecule has 52 heavy (non-hydrogen) atoms. The molecule has 4 aromatic rings. The Morgan fingerprint density at radius 3 is 2.37 bits per heavy atom. The van der Waals surface area contributed by atoms with Crippen LogP contribution in [0.1, 0.15) is 59.3 Å². The van der Waals surface area contributed by atoms with Gasteiger partial charge >= 0.3 is 0 Å². The highest BCUT2D eigenvalue weighted by Crippen LogP contribution is 2.33. The van der Waals surface area contributed by atoms with Crippen LogP contribution >= 0.6 is 11.6 Å². The number of aliphatic hydroxyl groups excluding tert-OH is 1. The van der Waals surface area contributed by atoms with Gasteiger partial charge < -0.3 is 29.7 Å². The minimum absolute atomic E-state index is 0.0295. The van der Waals surface area contributed by atoms with Crippen LogP contribution in [-0.4, -0.2) is 106 Å². The standard InChI is InChI=1S/C37H45ClF2N8O4/c1-5-23(13-14-45(2)3)36(51)47-15-17-48(18-16-47)37(52)26-10-9-24(20-29(26)38)43-35(50)34-41-22-31(46(34)4)27-12-11-25(32(39)33(27)40)28-21-42-44-30(28)8-6-7-19-49/h9-12,20-23,49H,5-8,13-19H2,1-4H3,(H,42,44)(H,43,50)/p+1. The Morgan fingerprint density at radius 1 is 1.00 bits per heavy atom. The molecule has 1 fully saturated rings. The maximum Gasteiger partial charge on any atom is 0.291 e. The van der Waals surface area contributed by atoms with Crippen molar-refractivity contribution in [2.75, 3.05) is 58.7 Å². The highest BCUT2D eigenvalue weighted by atomic mass is 35.5. The largest absolute Gasteiger partial charge is 0.396 e. The van der Waals surface area contributed by atoms with Crippen molar-refractivity contribution in [2.45, 2.75) is 39.0 Å². The second-order valence-electron chi connectivity index (χ2n) is 13.4. The summed E-state index contributed by atoms with van der Waals surface area (Å²) in [7, 11) is 5.66. The Bertz CT molecular complexity index is 1900. The molecule has 4 N–H and O–H groups in total. The lowest BCUT2D eigenvalue weighted by molar-refractivity contribution is -0.858. The number of halogens is 3. The number of nitrogens with one attached hydrogen (secondary N) is 3. The van der Waals surface area contributed by atoms with Gasteiger partial charge in [0, 0.05) is 80.2 Å². The third kappa shape index (κ3) is 8.51. The number of aliphatic hydroxyl groups is 1. The summed E-state index contributed by atoms with van der Waals surface area (Å²) in [6.07, 6.45) is 6.08. The molecule has 15 heteroatoms. The molecular formula is C37H46ClF2N8O4+. The van der Waals surface area contributed by atoms with Crippen LogP contribution in [0.2, 0.25) is 5.02 Å². The van der Waals surface area contributed by atoms with Gasteiger partial charge in [-0.2, -0.15) is 5.10 Å². The van der Waals surface area contributed by atoms with Crippen LogP contribution in [0, 0.1) is 17.6 Å². The Balaban J connectivity index is 1.22. The second-order valence-corrected chi connectivity index (χ2v) is 13.8. The molecule has 2 aromatic carbocycles. The Kier molecular flexibility index (Phi) is 12.8. The fourth-order valence-electron chi connectivity index (χ4n) is 6.45. The summed E-state index contributed by atoms with van der Waals surface area (Å²) in [5, 5.41) is 18.7. The van der Waals surface area contributed by atoms with E-state index in [1.54, 1.807) is 11.0 Å². The van der Waals surface area contributed by atoms with Crippen LogP contribution in [0.3, 0.4) is 0 Å². The van der Waals surface area contributed by atoms with E-state index < -0.39 is 17.5 Å². The summed E-state index contributed by atoms with van der Waals surface area (Å²) in [6, 6.07) is 7.45. The van der Waals surface area contributed by atoms with Crippen molar-refractivity contribution >= 4 is 35.0 Å². The summed E-state index contributed by atoms with van der Waals surface area (Å²) < 4.78 is 32.3. The molecule has 0 bridgehead atoms. The smallest absolute Gasteiger partial charge is 0.291 e. The number of carbonyl (C=O) groups excluding carboxylic acids is 3. The number of unbranched alkanes of at least 4 members (excludes halogenated alkanes) is 1. The lowest BCUT2D eigenvalue weighted by atomic mass is 10.00. The topological polar surface area (TPSA) is 141 Å². The first-order valence-corrected chi connectivity index (χ1v) is 17.9. The third-order valence-corrected chi connectivity index (χ3v) is 9.88. The van der Waals surface area contributed by atoms with E-state index in [-0.39, 0.29) is 57.6 Å². The highest BCUT2D eigenvalue weighted by molar-refractivity contribution is 6.34. The van der Waals surface area contributed by atoms with E-state index in [1.165, 1.54) is 53.2 Å². The molecule has 3 amide bonds. The number of aromatic nitrogens is 4. The maximum atomic E-state index is 15.5. The Hall–Kier alpha value is -4.66. The number of rotatable bonds is 14. The lowest BCUT2D eigenvalue weighted by Gasteiger charge is -2.36. The van der Waals surface area contributed by atoms with Gasteiger partial charge in [-0.15, -0.1) is 0 Å². The molecule has 0 aliphatic carbocycles. The van der Waals surface area contributed by atoms with E-state index in [4.69, 9.17) is 16.7 Å². The van der Waals surface area contributed by atoms with Crippen LogP contribution in [0.25, 0.3) is 22.4 Å². The molecule has 278 valence electrons. The molecule has 12 nitrogen and oxygen atoms in total. The second kappa shape index (κ2) is 17.2. The quantitative estimate of drug-likeness (QED) is 0.145. The molecule has 1 saturated heterocycles. The zero-order chi connectivity index (χ0) is 37.5. The minimum atomic E-state index is -1.10. The number of H-pyrrole nitrogens is 1. The number of nitrogens with zero attached hydrogens (tertiary/aromatic N) is 5. The number of piperazine rings is 1. The number of benzene rings is 2. The van der Waals surface area contributed by atoms with Crippen LogP contribution in [-0.2, 0) is 18.3 Å². The molecule has 1 aliphatic rings. The molecule has 3 heterocycles. The first-order chi connectivity index (χ1) is 24.9. The molecule has 0 saturated carbocycles. The van der Waals surface area contributed by atoms with Gasteiger partial charge in [0.1, 0.15) is 0 Å². The molecule has 1 unspecified atom stereocenters. The summed E-state index contributed by atoms with van der Waals surface area (Å²) in [5.41, 5.74) is 1.81. The number of carbonyl (C=O) groups is 3. The van der Waals surface area contributed by atoms with E-state index in [1.807, 2.05) is 11.8 Å². The van der Waals surface area contributed by atoms with Crippen molar-refractivity contribution < 1.29 is 33.2 Å². The first-order valence-electron chi connectivity index (χ1n) is 17.6. The van der Waals surface area contributed by atoms with Crippen molar-refractivity contribution in [3.63, 3.8) is 0 Å². The molecular weight excluding hydrogens is 694 g/mol. The van der Waals surface area contributed by atoms with Crippen LogP contribution in [0.15, 0.2) is 42.7 Å². The molecule has 2 aromatic heterocycles. The van der Waals surface area contributed by atoms with Gasteiger partial charge in [-0.25, -0.2) is 13.8 Å². The monoisotopic (exact) mass is 739 g/mol. The number of hydrogen-bond donors (Lipinski definition) is 4. The number of quaternary nitrogens is 1. The summed E-state index contributed by atoms with van der Waals surface area (Å²) in [4.78, 5) is 48.7. The molecule has 1 atom stereocenters. The lowest BCUT2D eigenvalue weighted by Crippen LogP contribution is -3.05. The number of anilines is 1. The zero-order valence-corrected chi connectivity index (χ0v) is 30.7. The van der Waals surface area contributed by atoms with Gasteiger partial charge in [0.05, 0.1) is 49.3 Å². The van der Waals surface area contributed by atoms with E-state index in [9.17, 15) is 14.4 Å². The number of imidazole rings is 1. The normalized spacial score (nSPS) is 13.9. The zero-order valence-electron chi connectivity index (χ0n) is 29.9. The fraction of sp³-hybridized carbons (Fsp3) is 0.432. The summed E-state index contributed by atoms with van der Waals surface area (Å²) in [6.45, 7) is 4.66. The first kappa shape index (κ1) is 38.6. The molecule has 0 spiro atoms. The highest BCUT2D eigenvalue weighted by Gasteiger charge is 2.30. The van der Waals surface area contributed by atoms with Crippen molar-refractivity contribution in [3.8, 4) is 22.4 Å². The average molecular weight is 740 g/mol. The third-order valence-electron chi connectivity index (χ3n) is 9.56. The molecule has 5 rings (SSSR count). The summed E-state index contributed by atoms with van der Waals surface area (Å²) in [5.74, 6) is -3.00. The van der Waals surface area contributed by atoms with E-state index in [0.29, 0.717) is 62.4 Å². The van der Waals surface area contributed by atoms with Crippen molar-refractivity contribution in [1.82, 2.24) is 29.5 Å². The predicted octanol–water partition coefficient (Wildman–Crippen LogP) is 3.82. The van der Waals surface area contributed by atoms with Gasteiger partial charge in [0.2, 0.25) is 5.91 Å². The fourth-order valence-corrected chi connectivity index (χ4v) is 6.71. The number of aromatic amines is 1. The van der Waals surface area contributed by atoms with Crippen LogP contribution in [0.5, 0.6) is 0 Å². The number of hydrogen-bond acceptors (Lipinski definition) is 6. The van der Waals surface area contributed by atoms with E-state index >= 15 is 8.78 Å². The van der Waals surface area contributed by atoms with E-state index in [0.717, 1.165) is 19.4 Å². The van der Waals surface area contributed by atoms with Crippen LogP contribution in [0.4, 0.5) is 14.5 Å². The van der Waals surface area contributed by atoms with Gasteiger partial charge in [-0.1, -0.05) is 24.6 Å². The van der Waals surface area contributed by atoms with E-state index in [2.05, 4.69) is 34.6 Å². The molecule has 1 aliphatic heterocycles. The SMILES string of the molecule is CCC(CC[NH+](C)C)C(=O)N1CCN(C(=O)c2ccc(NC(=O)c3ncc(-c4ccc(-c5cn[nH]c5CCCCO)c(F)c4F)n3C)cc2Cl)CC1. The van der Waals surface area contributed by atoms with Gasteiger partial charge in [0.25, 0.3) is 11.8 Å². The predicted molar refractivity (Wildman–Crippen MR) is 194 cm³/mol. The van der Waals surface area contributed by atoms with Gasteiger partial charge in [0.15, 0.2) is 17.5 Å². The Labute approximate surface area is 306 Å². The minimum Gasteiger partial charge on any atom is -0.396 e. The van der Waals surface area contributed by atoms with Gasteiger partial charge in [-0.05, 0) is 49.9 Å². The van der Waals surface area contributed by atoms with Crippen molar-refractivity contribution in [2.24, 2.45) is 13.0 Å². The van der Waals surface area contributed by atoms with Crippen molar-refractivity contribution in [3.05, 3.63) is 76.5 Å². The van der Waals surface area contributed by atoms with Crippen LogP contribution < -0.4 is 10.2 Å². The average Bonchev–Trinajstić information content (AvgIpc) is 3.75. The number of amides is 3. The molecule has 0 radical (unpaired) electrons. The summed E-state index contributed by atoms with van der Waals surface area (Å²) >= 11 is 6.53. The van der Waals surface area contributed by atoms with Gasteiger partial charge in [-0.3, -0.25) is 19.5 Å². The Morgan fingerprint density at radius 2 is 1.69 bits per heavy atom. The number of aryl methyl sites for hydroxylation is 1. The maximum absolute atomic E-state index is 15.5.